The average molecular weight is 547 g/mol. The van der Waals surface area contributed by atoms with Gasteiger partial charge in [0.1, 0.15) is 11.6 Å². The number of fused-ring (bicyclic) bond motifs is 1. The van der Waals surface area contributed by atoms with E-state index >= 15 is 0 Å². The fourth-order valence-corrected chi connectivity index (χ4v) is 5.28. The number of hydrogen-bond acceptors (Lipinski definition) is 7. The Kier molecular flexibility index (Phi) is 8.94. The van der Waals surface area contributed by atoms with Gasteiger partial charge in [0.15, 0.2) is 11.6 Å². The summed E-state index contributed by atoms with van der Waals surface area (Å²) in [7, 11) is 1.55. The largest absolute Gasteiger partial charge is 0.497 e. The highest BCUT2D eigenvalue weighted by molar-refractivity contribution is 5.85. The molecule has 2 heterocycles. The number of aliphatic hydroxyl groups excluding tert-OH is 1. The molecule has 5 N–H and O–H groups in total. The fourth-order valence-electron chi connectivity index (χ4n) is 5.28. The molecule has 1 fully saturated rings. The number of anilines is 1. The van der Waals surface area contributed by atoms with Crippen LogP contribution in [-0.2, 0) is 11.3 Å². The summed E-state index contributed by atoms with van der Waals surface area (Å²) >= 11 is 0. The number of carbonyl (C=O) groups is 1. The lowest BCUT2D eigenvalue weighted by Crippen LogP contribution is -2.45. The lowest BCUT2D eigenvalue weighted by Gasteiger charge is -2.39. The predicted molar refractivity (Wildman–Crippen MR) is 141 cm³/mol. The minimum Gasteiger partial charge on any atom is -0.497 e. The van der Waals surface area contributed by atoms with Gasteiger partial charge in [0.2, 0.25) is 0 Å². The number of aromatic nitrogens is 1. The van der Waals surface area contributed by atoms with Gasteiger partial charge in [-0.1, -0.05) is 0 Å². The maximum Gasteiger partial charge on any atom is 0.309 e. The second kappa shape index (κ2) is 12.2. The molecule has 8 nitrogen and oxygen atoms in total. The van der Waals surface area contributed by atoms with Crippen molar-refractivity contribution in [2.45, 2.75) is 38.3 Å². The van der Waals surface area contributed by atoms with Crippen molar-refractivity contribution in [2.24, 2.45) is 11.1 Å². The summed E-state index contributed by atoms with van der Waals surface area (Å²) in [6, 6.07) is 6.76. The highest BCUT2D eigenvalue weighted by Gasteiger charge is 2.41. The number of pyridine rings is 1. The molecule has 0 amide bonds. The molecule has 210 valence electrons. The summed E-state index contributed by atoms with van der Waals surface area (Å²) in [6.45, 7) is 1.81. The molecule has 0 spiro atoms. The molecule has 0 radical (unpaired) electrons. The average Bonchev–Trinajstić information content (AvgIpc) is 2.93. The van der Waals surface area contributed by atoms with Gasteiger partial charge in [0.05, 0.1) is 29.8 Å². The Bertz CT molecular complexity index is 1330. The van der Waals surface area contributed by atoms with E-state index in [1.807, 2.05) is 4.90 Å². The minimum absolute atomic E-state index is 0.172. The number of aliphatic hydroxyl groups is 1. The van der Waals surface area contributed by atoms with E-state index in [-0.39, 0.29) is 31.6 Å². The van der Waals surface area contributed by atoms with Crippen LogP contribution in [0.1, 0.15) is 42.9 Å². The topological polar surface area (TPSA) is 121 Å². The smallest absolute Gasteiger partial charge is 0.309 e. The van der Waals surface area contributed by atoms with Crippen molar-refractivity contribution in [1.29, 1.82) is 0 Å². The van der Waals surface area contributed by atoms with Crippen LogP contribution in [-0.4, -0.2) is 59.4 Å². The number of ether oxygens (including phenoxy) is 1. The number of nitrogens with zero attached hydrogens (tertiary/aromatic N) is 2. The Morgan fingerprint density at radius 3 is 2.64 bits per heavy atom. The van der Waals surface area contributed by atoms with Gasteiger partial charge in [-0.25, -0.2) is 13.2 Å². The molecule has 1 aromatic heterocycles. The zero-order chi connectivity index (χ0) is 28.2. The van der Waals surface area contributed by atoms with Gasteiger partial charge in [-0.05, 0) is 68.1 Å². The third-order valence-electron chi connectivity index (χ3n) is 7.65. The van der Waals surface area contributed by atoms with Crippen molar-refractivity contribution in [3.63, 3.8) is 0 Å². The summed E-state index contributed by atoms with van der Waals surface area (Å²) in [5, 5.41) is 24.8. The lowest BCUT2D eigenvalue weighted by atomic mass is 9.74. The first-order chi connectivity index (χ1) is 18.7. The first kappa shape index (κ1) is 28.6. The van der Waals surface area contributed by atoms with Crippen LogP contribution in [0.25, 0.3) is 10.9 Å². The van der Waals surface area contributed by atoms with Crippen molar-refractivity contribution < 1.29 is 32.9 Å². The van der Waals surface area contributed by atoms with Gasteiger partial charge in [0, 0.05) is 43.4 Å². The summed E-state index contributed by atoms with van der Waals surface area (Å²) < 4.78 is 46.0. The summed E-state index contributed by atoms with van der Waals surface area (Å²) in [6.07, 6.45) is 1.92. The number of likely N-dealkylation sites (tertiary alicyclic amines) is 1. The monoisotopic (exact) mass is 546 g/mol. The van der Waals surface area contributed by atoms with E-state index in [1.165, 1.54) is 0 Å². The van der Waals surface area contributed by atoms with Gasteiger partial charge in [-0.2, -0.15) is 0 Å². The van der Waals surface area contributed by atoms with Crippen molar-refractivity contribution in [3.05, 3.63) is 65.1 Å². The molecule has 1 aliphatic heterocycles. The van der Waals surface area contributed by atoms with Crippen molar-refractivity contribution in [3.8, 4) is 5.75 Å². The Labute approximate surface area is 224 Å². The zero-order valence-corrected chi connectivity index (χ0v) is 21.7. The number of benzene rings is 2. The molecule has 1 atom stereocenters. The van der Waals surface area contributed by atoms with E-state index in [0.29, 0.717) is 66.3 Å². The van der Waals surface area contributed by atoms with Crippen LogP contribution < -0.4 is 15.8 Å². The van der Waals surface area contributed by atoms with Crippen LogP contribution in [0, 0.1) is 22.9 Å². The number of halogens is 3. The van der Waals surface area contributed by atoms with E-state index in [9.17, 15) is 28.2 Å². The molecular weight excluding hydrogens is 513 g/mol. The number of piperidine rings is 1. The maximum atomic E-state index is 13.9. The number of aliphatic carboxylic acids is 1. The van der Waals surface area contributed by atoms with Crippen LogP contribution in [0.5, 0.6) is 5.75 Å². The SMILES string of the molecule is COc1ccc2ncc(CN)c([C@@H](O)CCC3(C(=O)O)CCN(CCNc4cc(F)cc(F)c4F)CC3)c2c1. The Morgan fingerprint density at radius 1 is 1.23 bits per heavy atom. The molecule has 0 saturated carbocycles. The van der Waals surface area contributed by atoms with E-state index in [1.54, 1.807) is 31.5 Å². The van der Waals surface area contributed by atoms with Crippen LogP contribution >= 0.6 is 0 Å². The van der Waals surface area contributed by atoms with E-state index in [2.05, 4.69) is 10.3 Å². The third-order valence-corrected chi connectivity index (χ3v) is 7.65. The van der Waals surface area contributed by atoms with Crippen LogP contribution in [0.3, 0.4) is 0 Å². The minimum atomic E-state index is -1.26. The van der Waals surface area contributed by atoms with Crippen molar-refractivity contribution in [2.75, 3.05) is 38.6 Å². The number of carboxylic acids is 1. The molecule has 4 rings (SSSR count). The van der Waals surface area contributed by atoms with Crippen LogP contribution in [0.2, 0.25) is 0 Å². The Morgan fingerprint density at radius 2 is 1.97 bits per heavy atom. The van der Waals surface area contributed by atoms with Crippen LogP contribution in [0.4, 0.5) is 18.9 Å². The second-order valence-electron chi connectivity index (χ2n) is 9.94. The Hall–Kier alpha value is -3.41. The molecule has 0 bridgehead atoms. The number of rotatable bonds is 11. The summed E-state index contributed by atoms with van der Waals surface area (Å²) in [5.41, 5.74) is 6.67. The highest BCUT2D eigenvalue weighted by Crippen LogP contribution is 2.40. The molecular formula is C28H33F3N4O4. The zero-order valence-electron chi connectivity index (χ0n) is 21.7. The standard InChI is InChI=1S/C28H33F3N4O4/c1-39-19-2-3-22-20(14-19)25(17(15-32)16-34-22)24(36)4-5-28(27(37)38)6-9-35(10-7-28)11-8-33-23-13-18(29)12-21(30)26(23)31/h2-3,12-14,16,24,33,36H,4-11,15,32H2,1H3,(H,37,38)/t24-/m0/s1. The highest BCUT2D eigenvalue weighted by atomic mass is 19.2. The number of hydrogen-bond donors (Lipinski definition) is 4. The van der Waals surface area contributed by atoms with Crippen molar-refractivity contribution >= 4 is 22.6 Å². The molecule has 3 aromatic rings. The summed E-state index contributed by atoms with van der Waals surface area (Å²) in [5.74, 6) is -3.58. The van der Waals surface area contributed by atoms with Crippen molar-refractivity contribution in [1.82, 2.24) is 9.88 Å². The normalized spacial score (nSPS) is 16.3. The quantitative estimate of drug-likeness (QED) is 0.264. The number of methoxy groups -OCH3 is 1. The number of carboxylic acid groups (broad SMARTS) is 1. The molecule has 0 aliphatic carbocycles. The molecule has 1 aliphatic rings. The van der Waals surface area contributed by atoms with Crippen LogP contribution in [0.15, 0.2) is 36.5 Å². The van der Waals surface area contributed by atoms with E-state index in [0.717, 1.165) is 6.07 Å². The van der Waals surface area contributed by atoms with Gasteiger partial charge in [-0.3, -0.25) is 9.78 Å². The predicted octanol–water partition coefficient (Wildman–Crippen LogP) is 4.21. The van der Waals surface area contributed by atoms with Gasteiger partial charge in [0.25, 0.3) is 0 Å². The lowest BCUT2D eigenvalue weighted by molar-refractivity contribution is -0.153. The van der Waals surface area contributed by atoms with Gasteiger partial charge < -0.3 is 30.9 Å². The maximum absolute atomic E-state index is 13.9. The van der Waals surface area contributed by atoms with Gasteiger partial charge in [-0.15, -0.1) is 0 Å². The molecule has 39 heavy (non-hydrogen) atoms. The van der Waals surface area contributed by atoms with Gasteiger partial charge >= 0.3 is 5.97 Å². The van der Waals surface area contributed by atoms with E-state index < -0.39 is 34.9 Å². The molecule has 11 heteroatoms. The molecule has 2 aromatic carbocycles. The molecule has 0 unspecified atom stereocenters. The van der Waals surface area contributed by atoms with E-state index in [4.69, 9.17) is 10.5 Å². The first-order valence-corrected chi connectivity index (χ1v) is 12.9. The first-order valence-electron chi connectivity index (χ1n) is 12.9. The fraction of sp³-hybridized carbons (Fsp3) is 0.429. The third kappa shape index (κ3) is 6.26. The Balaban J connectivity index is 1.39. The second-order valence-corrected chi connectivity index (χ2v) is 9.94. The molecule has 1 saturated heterocycles. The number of nitrogens with one attached hydrogen (secondary N) is 1. The number of nitrogens with two attached hydrogens (primary N) is 1. The summed E-state index contributed by atoms with van der Waals surface area (Å²) in [4.78, 5) is 18.8.